The molecule has 3 amide bonds. The number of rotatable bonds is 4. The van der Waals surface area contributed by atoms with Gasteiger partial charge in [0.05, 0.1) is 0 Å². The molecule has 6 heteroatoms. The van der Waals surface area contributed by atoms with E-state index in [0.717, 1.165) is 12.0 Å². The van der Waals surface area contributed by atoms with Crippen molar-refractivity contribution in [2.24, 2.45) is 5.73 Å². The number of nitrogens with one attached hydrogen (secondary N) is 1. The third-order valence-electron chi connectivity index (χ3n) is 4.45. The van der Waals surface area contributed by atoms with Crippen LogP contribution in [0.15, 0.2) is 42.5 Å². The molecule has 1 saturated heterocycles. The van der Waals surface area contributed by atoms with Gasteiger partial charge in [0.15, 0.2) is 0 Å². The van der Waals surface area contributed by atoms with Crippen LogP contribution in [0, 0.1) is 13.0 Å². The van der Waals surface area contributed by atoms with Crippen molar-refractivity contribution in [2.45, 2.75) is 25.8 Å². The van der Waals surface area contributed by atoms with E-state index in [9.17, 15) is 14.4 Å². The SMILES string of the molecule is Cc1ccc(C(=O)Nc2c[c]cc(C(=O)N3CCC[C@H]3C(N)=O)c2)cc1. The van der Waals surface area contributed by atoms with E-state index in [4.69, 9.17) is 5.73 Å². The number of carbonyl (C=O) groups is 3. The quantitative estimate of drug-likeness (QED) is 0.885. The summed E-state index contributed by atoms with van der Waals surface area (Å²) in [6, 6.07) is 14.2. The summed E-state index contributed by atoms with van der Waals surface area (Å²) in [6.07, 6.45) is 1.32. The number of benzene rings is 2. The summed E-state index contributed by atoms with van der Waals surface area (Å²) in [7, 11) is 0. The standard InChI is InChI=1S/C20H20N3O3/c1-13-7-9-14(10-8-13)19(25)22-16-5-2-4-15(12-16)20(26)23-11-3-6-17(23)18(21)24/h4-5,7-10,12,17H,3,6,11H2,1H3,(H2,21,24)(H,22,25)/t17-/m0/s1. The first-order valence-electron chi connectivity index (χ1n) is 8.45. The summed E-state index contributed by atoms with van der Waals surface area (Å²) in [6.45, 7) is 2.44. The number of nitrogens with two attached hydrogens (primary N) is 1. The van der Waals surface area contributed by atoms with Gasteiger partial charge in [-0.15, -0.1) is 0 Å². The molecular weight excluding hydrogens is 330 g/mol. The van der Waals surface area contributed by atoms with Crippen LogP contribution >= 0.6 is 0 Å². The summed E-state index contributed by atoms with van der Waals surface area (Å²) >= 11 is 0. The Balaban J connectivity index is 1.75. The Morgan fingerprint density at radius 1 is 1.15 bits per heavy atom. The lowest BCUT2D eigenvalue weighted by Gasteiger charge is -2.22. The molecule has 0 spiro atoms. The van der Waals surface area contributed by atoms with Crippen molar-refractivity contribution < 1.29 is 14.4 Å². The van der Waals surface area contributed by atoms with Crippen molar-refractivity contribution >= 4 is 23.4 Å². The summed E-state index contributed by atoms with van der Waals surface area (Å²) in [5, 5.41) is 2.76. The second kappa shape index (κ2) is 7.39. The van der Waals surface area contributed by atoms with Crippen LogP contribution in [0.1, 0.15) is 39.1 Å². The van der Waals surface area contributed by atoms with Gasteiger partial charge in [0.1, 0.15) is 6.04 Å². The lowest BCUT2D eigenvalue weighted by atomic mass is 10.1. The lowest BCUT2D eigenvalue weighted by Crippen LogP contribution is -2.43. The van der Waals surface area contributed by atoms with Crippen molar-refractivity contribution in [1.29, 1.82) is 0 Å². The molecule has 0 aliphatic carbocycles. The molecular formula is C20H20N3O3. The minimum absolute atomic E-state index is 0.265. The molecule has 133 valence electrons. The summed E-state index contributed by atoms with van der Waals surface area (Å²) in [5.41, 5.74) is 7.80. The number of amides is 3. The second-order valence-corrected chi connectivity index (χ2v) is 6.39. The van der Waals surface area contributed by atoms with Gasteiger partial charge in [-0.25, -0.2) is 0 Å². The number of primary amides is 1. The second-order valence-electron chi connectivity index (χ2n) is 6.39. The number of aryl methyl sites for hydroxylation is 1. The molecule has 1 atom stereocenters. The van der Waals surface area contributed by atoms with E-state index in [0.29, 0.717) is 29.8 Å². The monoisotopic (exact) mass is 350 g/mol. The Kier molecular flexibility index (Phi) is 5.02. The Morgan fingerprint density at radius 3 is 2.58 bits per heavy atom. The Morgan fingerprint density at radius 2 is 1.88 bits per heavy atom. The largest absolute Gasteiger partial charge is 0.368 e. The normalized spacial score (nSPS) is 16.3. The Hall–Kier alpha value is -3.15. The first-order valence-corrected chi connectivity index (χ1v) is 8.45. The maximum Gasteiger partial charge on any atom is 0.255 e. The van der Waals surface area contributed by atoms with Gasteiger partial charge in [-0.2, -0.15) is 0 Å². The van der Waals surface area contributed by atoms with E-state index in [-0.39, 0.29) is 11.8 Å². The van der Waals surface area contributed by atoms with Crippen molar-refractivity contribution in [3.05, 3.63) is 65.2 Å². The van der Waals surface area contributed by atoms with E-state index in [1.165, 1.54) is 4.90 Å². The molecule has 1 aliphatic heterocycles. The molecule has 0 bridgehead atoms. The van der Waals surface area contributed by atoms with E-state index in [2.05, 4.69) is 11.4 Å². The molecule has 0 unspecified atom stereocenters. The molecule has 2 aromatic carbocycles. The van der Waals surface area contributed by atoms with Crippen molar-refractivity contribution in [3.63, 3.8) is 0 Å². The number of hydrogen-bond acceptors (Lipinski definition) is 3. The molecule has 1 heterocycles. The third-order valence-corrected chi connectivity index (χ3v) is 4.45. The molecule has 3 N–H and O–H groups in total. The molecule has 1 radical (unpaired) electrons. The predicted octanol–water partition coefficient (Wildman–Crippen LogP) is 2.14. The average molecular weight is 350 g/mol. The summed E-state index contributed by atoms with van der Waals surface area (Å²) in [5.74, 6) is -1.04. The highest BCUT2D eigenvalue weighted by Gasteiger charge is 2.33. The van der Waals surface area contributed by atoms with E-state index in [1.54, 1.807) is 30.3 Å². The first-order chi connectivity index (χ1) is 12.5. The van der Waals surface area contributed by atoms with Gasteiger partial charge in [-0.1, -0.05) is 17.7 Å². The van der Waals surface area contributed by atoms with Crippen LogP contribution in [0.5, 0.6) is 0 Å². The zero-order chi connectivity index (χ0) is 18.7. The van der Waals surface area contributed by atoms with Gasteiger partial charge in [0, 0.05) is 23.4 Å². The number of hydrogen-bond donors (Lipinski definition) is 2. The first kappa shape index (κ1) is 17.7. The summed E-state index contributed by atoms with van der Waals surface area (Å²) < 4.78 is 0. The molecule has 0 saturated carbocycles. The Bertz CT molecular complexity index is 846. The van der Waals surface area contributed by atoms with Crippen LogP contribution in [-0.4, -0.2) is 35.2 Å². The molecule has 1 aliphatic rings. The van der Waals surface area contributed by atoms with E-state index < -0.39 is 11.9 Å². The van der Waals surface area contributed by atoms with E-state index in [1.807, 2.05) is 19.1 Å². The Labute approximate surface area is 152 Å². The van der Waals surface area contributed by atoms with Crippen molar-refractivity contribution in [2.75, 3.05) is 11.9 Å². The smallest absolute Gasteiger partial charge is 0.255 e. The van der Waals surface area contributed by atoms with Crippen LogP contribution < -0.4 is 11.1 Å². The molecule has 0 aromatic heterocycles. The zero-order valence-corrected chi connectivity index (χ0v) is 14.5. The zero-order valence-electron chi connectivity index (χ0n) is 14.5. The lowest BCUT2D eigenvalue weighted by molar-refractivity contribution is -0.121. The van der Waals surface area contributed by atoms with E-state index >= 15 is 0 Å². The highest BCUT2D eigenvalue weighted by Crippen LogP contribution is 2.21. The topological polar surface area (TPSA) is 92.5 Å². The molecule has 1 fully saturated rings. The predicted molar refractivity (Wildman–Crippen MR) is 97.7 cm³/mol. The third kappa shape index (κ3) is 3.74. The average Bonchev–Trinajstić information content (AvgIpc) is 3.12. The number of likely N-dealkylation sites (tertiary alicyclic amines) is 1. The van der Waals surface area contributed by atoms with Crippen LogP contribution in [-0.2, 0) is 4.79 Å². The van der Waals surface area contributed by atoms with Gasteiger partial charge in [0.2, 0.25) is 5.91 Å². The van der Waals surface area contributed by atoms with Gasteiger partial charge >= 0.3 is 0 Å². The van der Waals surface area contributed by atoms with Crippen molar-refractivity contribution in [3.8, 4) is 0 Å². The van der Waals surface area contributed by atoms with Crippen LogP contribution in [0.2, 0.25) is 0 Å². The molecule has 26 heavy (non-hydrogen) atoms. The van der Waals surface area contributed by atoms with Gasteiger partial charge < -0.3 is 16.0 Å². The van der Waals surface area contributed by atoms with Crippen LogP contribution in [0.3, 0.4) is 0 Å². The minimum atomic E-state index is -0.576. The highest BCUT2D eigenvalue weighted by atomic mass is 16.2. The van der Waals surface area contributed by atoms with Crippen LogP contribution in [0.4, 0.5) is 5.69 Å². The number of nitrogens with zero attached hydrogens (tertiary/aromatic N) is 1. The van der Waals surface area contributed by atoms with Crippen LogP contribution in [0.25, 0.3) is 0 Å². The molecule has 2 aromatic rings. The molecule has 6 nitrogen and oxygen atoms in total. The molecule has 3 rings (SSSR count). The maximum absolute atomic E-state index is 12.7. The summed E-state index contributed by atoms with van der Waals surface area (Å²) in [4.78, 5) is 38.0. The van der Waals surface area contributed by atoms with Gasteiger partial charge in [0.25, 0.3) is 11.8 Å². The highest BCUT2D eigenvalue weighted by molar-refractivity contribution is 6.05. The van der Waals surface area contributed by atoms with Gasteiger partial charge in [-0.3, -0.25) is 14.4 Å². The maximum atomic E-state index is 12.7. The van der Waals surface area contributed by atoms with Crippen molar-refractivity contribution in [1.82, 2.24) is 4.90 Å². The van der Waals surface area contributed by atoms with Gasteiger partial charge in [-0.05, 0) is 56.2 Å². The fourth-order valence-electron chi connectivity index (χ4n) is 3.05. The minimum Gasteiger partial charge on any atom is -0.368 e. The fourth-order valence-corrected chi connectivity index (χ4v) is 3.05. The number of carbonyl (C=O) groups excluding carboxylic acids is 3. The fraction of sp³-hybridized carbons (Fsp3) is 0.250. The number of anilines is 1.